The number of nitrogens with one attached hydrogen (secondary N) is 1. The minimum Gasteiger partial charge on any atom is -0.328 e. The van der Waals surface area contributed by atoms with Crippen LogP contribution in [0.5, 0.6) is 0 Å². The van der Waals surface area contributed by atoms with E-state index in [1.165, 1.54) is 6.07 Å². The molecule has 4 nitrogen and oxygen atoms in total. The Morgan fingerprint density at radius 3 is 2.84 bits per heavy atom. The summed E-state index contributed by atoms with van der Waals surface area (Å²) in [5.41, 5.74) is 6.47. The zero-order valence-electron chi connectivity index (χ0n) is 11.2. The average molecular weight is 263 g/mol. The first-order valence-corrected chi connectivity index (χ1v) is 6.19. The maximum atomic E-state index is 13.5. The summed E-state index contributed by atoms with van der Waals surface area (Å²) in [5.74, 6) is -0.692. The van der Waals surface area contributed by atoms with Crippen LogP contribution >= 0.6 is 0 Å². The normalized spacial score (nSPS) is 11.7. The summed E-state index contributed by atoms with van der Waals surface area (Å²) in [6.45, 7) is 3.45. The van der Waals surface area contributed by atoms with E-state index in [4.69, 9.17) is 11.0 Å². The van der Waals surface area contributed by atoms with Gasteiger partial charge in [0.05, 0.1) is 11.6 Å². The molecule has 1 unspecified atom stereocenters. The lowest BCUT2D eigenvalue weighted by Crippen LogP contribution is -2.17. The van der Waals surface area contributed by atoms with Crippen molar-refractivity contribution in [3.8, 4) is 6.07 Å². The number of halogens is 1. The first-order valence-electron chi connectivity index (χ1n) is 6.19. The van der Waals surface area contributed by atoms with Crippen LogP contribution in [0.3, 0.4) is 0 Å². The topological polar surface area (TPSA) is 78.9 Å². The van der Waals surface area contributed by atoms with Gasteiger partial charge in [0, 0.05) is 23.7 Å². The van der Waals surface area contributed by atoms with Gasteiger partial charge in [-0.3, -0.25) is 4.79 Å². The van der Waals surface area contributed by atoms with Crippen LogP contribution in [0.4, 0.5) is 10.1 Å². The van der Waals surface area contributed by atoms with Crippen molar-refractivity contribution in [3.63, 3.8) is 0 Å². The van der Waals surface area contributed by atoms with Gasteiger partial charge in [0.25, 0.3) is 0 Å². The second-order valence-electron chi connectivity index (χ2n) is 4.66. The van der Waals surface area contributed by atoms with Crippen LogP contribution in [0.2, 0.25) is 0 Å². The molecule has 1 aromatic rings. The van der Waals surface area contributed by atoms with Crippen LogP contribution in [0, 0.1) is 24.1 Å². The zero-order chi connectivity index (χ0) is 14.4. The van der Waals surface area contributed by atoms with Crippen molar-refractivity contribution in [2.75, 3.05) is 5.32 Å². The molecule has 1 atom stereocenters. The van der Waals surface area contributed by atoms with Crippen molar-refractivity contribution in [2.24, 2.45) is 5.73 Å². The van der Waals surface area contributed by atoms with Gasteiger partial charge in [-0.15, -0.1) is 0 Å². The molecule has 0 saturated carbocycles. The van der Waals surface area contributed by atoms with Crippen molar-refractivity contribution in [1.82, 2.24) is 0 Å². The highest BCUT2D eigenvalue weighted by Crippen LogP contribution is 2.20. The van der Waals surface area contributed by atoms with Gasteiger partial charge >= 0.3 is 0 Å². The third-order valence-corrected chi connectivity index (χ3v) is 2.81. The van der Waals surface area contributed by atoms with Gasteiger partial charge in [0.15, 0.2) is 0 Å². The van der Waals surface area contributed by atoms with Crippen molar-refractivity contribution < 1.29 is 9.18 Å². The predicted molar refractivity (Wildman–Crippen MR) is 72.0 cm³/mol. The monoisotopic (exact) mass is 263 g/mol. The second kappa shape index (κ2) is 6.86. The van der Waals surface area contributed by atoms with E-state index in [1.54, 1.807) is 6.92 Å². The van der Waals surface area contributed by atoms with Crippen LogP contribution in [-0.4, -0.2) is 11.9 Å². The predicted octanol–water partition coefficient (Wildman–Crippen LogP) is 2.46. The van der Waals surface area contributed by atoms with E-state index in [0.29, 0.717) is 24.1 Å². The Balaban J connectivity index is 2.69. The molecule has 0 radical (unpaired) electrons. The minimum atomic E-state index is -0.495. The summed E-state index contributed by atoms with van der Waals surface area (Å²) < 4.78 is 13.5. The number of anilines is 1. The van der Waals surface area contributed by atoms with E-state index >= 15 is 0 Å². The summed E-state index contributed by atoms with van der Waals surface area (Å²) in [6.07, 6.45) is 1.78. The van der Waals surface area contributed by atoms with E-state index in [-0.39, 0.29) is 17.5 Å². The maximum absolute atomic E-state index is 13.5. The van der Waals surface area contributed by atoms with Gasteiger partial charge in [0.1, 0.15) is 5.82 Å². The number of nitriles is 1. The number of amides is 1. The molecule has 0 aromatic heterocycles. The molecule has 1 rings (SSSR count). The largest absolute Gasteiger partial charge is 0.328 e. The fraction of sp³-hybridized carbons (Fsp3) is 0.429. The lowest BCUT2D eigenvalue weighted by molar-refractivity contribution is -0.116. The number of hydrogen-bond donors (Lipinski definition) is 2. The van der Waals surface area contributed by atoms with Crippen molar-refractivity contribution in [2.45, 2.75) is 39.2 Å². The Kier molecular flexibility index (Phi) is 5.46. The first-order chi connectivity index (χ1) is 8.93. The summed E-state index contributed by atoms with van der Waals surface area (Å²) in [6, 6.07) is 4.55. The second-order valence-corrected chi connectivity index (χ2v) is 4.66. The first kappa shape index (κ1) is 15.1. The Morgan fingerprint density at radius 2 is 2.26 bits per heavy atom. The number of rotatable bonds is 5. The molecule has 0 fully saturated rings. The summed E-state index contributed by atoms with van der Waals surface area (Å²) in [5, 5.41) is 11.4. The number of nitrogens with zero attached hydrogens (tertiary/aromatic N) is 1. The van der Waals surface area contributed by atoms with Gasteiger partial charge in [0.2, 0.25) is 5.91 Å². The van der Waals surface area contributed by atoms with Gasteiger partial charge in [-0.05, 0) is 38.8 Å². The highest BCUT2D eigenvalue weighted by atomic mass is 19.1. The van der Waals surface area contributed by atoms with Crippen LogP contribution < -0.4 is 11.1 Å². The quantitative estimate of drug-likeness (QED) is 0.856. The molecule has 0 saturated heterocycles. The van der Waals surface area contributed by atoms with Crippen LogP contribution in [0.25, 0.3) is 0 Å². The highest BCUT2D eigenvalue weighted by Gasteiger charge is 2.10. The van der Waals surface area contributed by atoms with Gasteiger partial charge in [-0.2, -0.15) is 5.26 Å². The maximum Gasteiger partial charge on any atom is 0.224 e. The molecule has 102 valence electrons. The molecule has 0 aliphatic carbocycles. The van der Waals surface area contributed by atoms with E-state index < -0.39 is 5.82 Å². The molecule has 19 heavy (non-hydrogen) atoms. The highest BCUT2D eigenvalue weighted by molar-refractivity contribution is 5.91. The van der Waals surface area contributed by atoms with Gasteiger partial charge < -0.3 is 11.1 Å². The Morgan fingerprint density at radius 1 is 1.58 bits per heavy atom. The number of hydrogen-bond acceptors (Lipinski definition) is 3. The van der Waals surface area contributed by atoms with Crippen molar-refractivity contribution in [3.05, 3.63) is 29.1 Å². The van der Waals surface area contributed by atoms with Crippen molar-refractivity contribution >= 4 is 11.6 Å². The molecule has 3 N–H and O–H groups in total. The lowest BCUT2D eigenvalue weighted by Gasteiger charge is -2.10. The number of benzene rings is 1. The smallest absolute Gasteiger partial charge is 0.224 e. The molecule has 5 heteroatoms. The molecular weight excluding hydrogens is 245 g/mol. The summed E-state index contributed by atoms with van der Waals surface area (Å²) in [4.78, 5) is 11.7. The van der Waals surface area contributed by atoms with Crippen molar-refractivity contribution in [1.29, 1.82) is 5.26 Å². The van der Waals surface area contributed by atoms with Gasteiger partial charge in [-0.1, -0.05) is 0 Å². The Bertz CT molecular complexity index is 506. The van der Waals surface area contributed by atoms with E-state index in [9.17, 15) is 9.18 Å². The van der Waals surface area contributed by atoms with Crippen LogP contribution in [0.15, 0.2) is 12.1 Å². The number of nitrogens with two attached hydrogens (primary N) is 1. The van der Waals surface area contributed by atoms with Crippen LogP contribution in [0.1, 0.15) is 37.3 Å². The Hall–Kier alpha value is -1.93. The minimum absolute atomic E-state index is 0.0638. The molecular formula is C14H18FN3O. The molecule has 1 aromatic carbocycles. The average Bonchev–Trinajstić information content (AvgIpc) is 2.34. The molecule has 0 aliphatic heterocycles. The zero-order valence-corrected chi connectivity index (χ0v) is 11.2. The van der Waals surface area contributed by atoms with E-state index in [0.717, 1.165) is 12.5 Å². The molecule has 0 spiro atoms. The number of carbonyl (C=O) groups is 1. The molecule has 0 aliphatic rings. The lowest BCUT2D eigenvalue weighted by atomic mass is 10.1. The SMILES string of the molecule is Cc1c(F)cc(C#N)cc1NC(=O)CCCC(C)N. The molecule has 0 bridgehead atoms. The molecule has 0 heterocycles. The van der Waals surface area contributed by atoms with E-state index in [1.807, 2.05) is 13.0 Å². The third-order valence-electron chi connectivity index (χ3n) is 2.81. The fourth-order valence-electron chi connectivity index (χ4n) is 1.67. The fourth-order valence-corrected chi connectivity index (χ4v) is 1.67. The third kappa shape index (κ3) is 4.68. The Labute approximate surface area is 112 Å². The summed E-state index contributed by atoms with van der Waals surface area (Å²) >= 11 is 0. The van der Waals surface area contributed by atoms with Gasteiger partial charge in [-0.25, -0.2) is 4.39 Å². The van der Waals surface area contributed by atoms with E-state index in [2.05, 4.69) is 5.32 Å². The summed E-state index contributed by atoms with van der Waals surface area (Å²) in [7, 11) is 0. The number of carbonyl (C=O) groups excluding carboxylic acids is 1. The molecule has 1 amide bonds. The van der Waals surface area contributed by atoms with Crippen LogP contribution in [-0.2, 0) is 4.79 Å². The standard InChI is InChI=1S/C14H18FN3O/c1-9(17)4-3-5-14(19)18-13-7-11(8-16)6-12(15)10(13)2/h6-7,9H,3-5,17H2,1-2H3,(H,18,19).